The van der Waals surface area contributed by atoms with Crippen LogP contribution in [-0.4, -0.2) is 56.1 Å². The first-order valence-corrected chi connectivity index (χ1v) is 6.79. The number of fused-ring (bicyclic) bond motifs is 1. The average Bonchev–Trinajstić information content (AvgIpc) is 2.82. The van der Waals surface area contributed by atoms with Gasteiger partial charge in [0.25, 0.3) is 11.7 Å². The molecule has 1 aliphatic heterocycles. The SMILES string of the molecule is Cc1cc(C)n2nc(C(=O)N3CCNC[C@@H]3C)nc2n1. The second-order valence-electron chi connectivity index (χ2n) is 5.24. The summed E-state index contributed by atoms with van der Waals surface area (Å²) in [6.45, 7) is 8.14. The van der Waals surface area contributed by atoms with Crippen LogP contribution in [0.3, 0.4) is 0 Å². The van der Waals surface area contributed by atoms with Crippen molar-refractivity contribution in [3.05, 3.63) is 23.3 Å². The maximum Gasteiger partial charge on any atom is 0.293 e. The van der Waals surface area contributed by atoms with Gasteiger partial charge < -0.3 is 10.2 Å². The van der Waals surface area contributed by atoms with Gasteiger partial charge in [-0.1, -0.05) is 0 Å². The summed E-state index contributed by atoms with van der Waals surface area (Å²) in [5, 5.41) is 7.56. The van der Waals surface area contributed by atoms with Gasteiger partial charge in [-0.05, 0) is 26.8 Å². The van der Waals surface area contributed by atoms with Gasteiger partial charge in [-0.3, -0.25) is 4.79 Å². The molecule has 1 amide bonds. The van der Waals surface area contributed by atoms with E-state index in [1.807, 2.05) is 31.7 Å². The van der Waals surface area contributed by atoms with Gasteiger partial charge in [-0.2, -0.15) is 4.98 Å². The van der Waals surface area contributed by atoms with E-state index in [1.165, 1.54) is 0 Å². The summed E-state index contributed by atoms with van der Waals surface area (Å²) in [4.78, 5) is 22.9. The number of aromatic nitrogens is 4. The molecular weight excluding hydrogens is 256 g/mol. The van der Waals surface area contributed by atoms with Gasteiger partial charge in [-0.15, -0.1) is 5.10 Å². The van der Waals surface area contributed by atoms with Gasteiger partial charge in [0.1, 0.15) is 0 Å². The zero-order chi connectivity index (χ0) is 14.3. The maximum atomic E-state index is 12.5. The Morgan fingerprint density at radius 3 is 2.95 bits per heavy atom. The van der Waals surface area contributed by atoms with Crippen LogP contribution in [0, 0.1) is 13.8 Å². The average molecular weight is 274 g/mol. The number of hydrogen-bond acceptors (Lipinski definition) is 5. The smallest absolute Gasteiger partial charge is 0.293 e. The van der Waals surface area contributed by atoms with E-state index in [2.05, 4.69) is 20.4 Å². The molecule has 0 aromatic carbocycles. The molecule has 3 heterocycles. The molecule has 2 aromatic rings. The first-order chi connectivity index (χ1) is 9.56. The zero-order valence-electron chi connectivity index (χ0n) is 11.9. The predicted molar refractivity (Wildman–Crippen MR) is 73.6 cm³/mol. The summed E-state index contributed by atoms with van der Waals surface area (Å²) in [7, 11) is 0. The Kier molecular flexibility index (Phi) is 3.13. The molecule has 0 saturated carbocycles. The molecule has 20 heavy (non-hydrogen) atoms. The highest BCUT2D eigenvalue weighted by atomic mass is 16.2. The summed E-state index contributed by atoms with van der Waals surface area (Å²) in [6, 6.07) is 2.07. The van der Waals surface area contributed by atoms with Gasteiger partial charge in [0.05, 0.1) is 0 Å². The Morgan fingerprint density at radius 1 is 1.40 bits per heavy atom. The van der Waals surface area contributed by atoms with Crippen molar-refractivity contribution >= 4 is 11.7 Å². The van der Waals surface area contributed by atoms with E-state index in [9.17, 15) is 4.79 Å². The Morgan fingerprint density at radius 2 is 2.20 bits per heavy atom. The van der Waals surface area contributed by atoms with Crippen LogP contribution in [0.4, 0.5) is 0 Å². The monoisotopic (exact) mass is 274 g/mol. The highest BCUT2D eigenvalue weighted by Crippen LogP contribution is 2.10. The fourth-order valence-electron chi connectivity index (χ4n) is 2.53. The standard InChI is InChI=1S/C13H18N6O/c1-8-6-9(2)19-13(15-8)16-11(17-19)12(20)18-5-4-14-7-10(18)3/h6,10,14H,4-5,7H2,1-3H3/t10-/m0/s1. The number of hydrogen-bond donors (Lipinski definition) is 1. The number of rotatable bonds is 1. The lowest BCUT2D eigenvalue weighted by molar-refractivity contribution is 0.0643. The minimum atomic E-state index is -0.124. The van der Waals surface area contributed by atoms with Crippen molar-refractivity contribution in [2.24, 2.45) is 0 Å². The second kappa shape index (κ2) is 4.82. The van der Waals surface area contributed by atoms with Gasteiger partial charge in [-0.25, -0.2) is 9.50 Å². The van der Waals surface area contributed by atoms with Crippen molar-refractivity contribution in [1.29, 1.82) is 0 Å². The van der Waals surface area contributed by atoms with Gasteiger partial charge in [0.15, 0.2) is 0 Å². The Hall–Kier alpha value is -2.02. The van der Waals surface area contributed by atoms with Crippen molar-refractivity contribution in [3.63, 3.8) is 0 Å². The molecular formula is C13H18N6O. The molecule has 0 bridgehead atoms. The number of carbonyl (C=O) groups excluding carboxylic acids is 1. The van der Waals surface area contributed by atoms with E-state index in [1.54, 1.807) is 4.52 Å². The second-order valence-corrected chi connectivity index (χ2v) is 5.24. The minimum absolute atomic E-state index is 0.124. The molecule has 1 saturated heterocycles. The Balaban J connectivity index is 1.97. The Labute approximate surface area is 117 Å². The number of nitrogens with one attached hydrogen (secondary N) is 1. The molecule has 7 nitrogen and oxygen atoms in total. The maximum absolute atomic E-state index is 12.5. The molecule has 2 aromatic heterocycles. The molecule has 106 valence electrons. The number of amides is 1. The molecule has 1 N–H and O–H groups in total. The molecule has 0 spiro atoms. The van der Waals surface area contributed by atoms with Gasteiger partial charge in [0.2, 0.25) is 5.82 Å². The van der Waals surface area contributed by atoms with Crippen molar-refractivity contribution in [3.8, 4) is 0 Å². The largest absolute Gasteiger partial charge is 0.331 e. The minimum Gasteiger partial charge on any atom is -0.331 e. The van der Waals surface area contributed by atoms with Crippen LogP contribution in [0.15, 0.2) is 6.07 Å². The van der Waals surface area contributed by atoms with Crippen LogP contribution in [0.1, 0.15) is 28.9 Å². The lowest BCUT2D eigenvalue weighted by atomic mass is 10.2. The molecule has 3 rings (SSSR count). The zero-order valence-corrected chi connectivity index (χ0v) is 11.9. The summed E-state index contributed by atoms with van der Waals surface area (Å²) in [5.74, 6) is 0.579. The van der Waals surface area contributed by atoms with E-state index >= 15 is 0 Å². The van der Waals surface area contributed by atoms with Crippen molar-refractivity contribution in [2.75, 3.05) is 19.6 Å². The van der Waals surface area contributed by atoms with Gasteiger partial charge >= 0.3 is 0 Å². The summed E-state index contributed by atoms with van der Waals surface area (Å²) in [5.41, 5.74) is 1.80. The normalized spacial score (nSPS) is 19.6. The number of nitrogens with zero attached hydrogens (tertiary/aromatic N) is 5. The van der Waals surface area contributed by atoms with Crippen LogP contribution in [0.5, 0.6) is 0 Å². The summed E-state index contributed by atoms with van der Waals surface area (Å²) >= 11 is 0. The predicted octanol–water partition coefficient (Wildman–Crippen LogP) is 0.175. The van der Waals surface area contributed by atoms with Crippen molar-refractivity contribution in [1.82, 2.24) is 29.8 Å². The van der Waals surface area contributed by atoms with Crippen LogP contribution in [0.25, 0.3) is 5.78 Å². The van der Waals surface area contributed by atoms with E-state index in [-0.39, 0.29) is 17.8 Å². The fraction of sp³-hybridized carbons (Fsp3) is 0.538. The fourth-order valence-corrected chi connectivity index (χ4v) is 2.53. The number of piperazine rings is 1. The first kappa shape index (κ1) is 13.0. The molecule has 0 radical (unpaired) electrons. The Bertz CT molecular complexity index is 664. The van der Waals surface area contributed by atoms with Crippen molar-refractivity contribution < 1.29 is 4.79 Å². The molecule has 1 fully saturated rings. The lowest BCUT2D eigenvalue weighted by Crippen LogP contribution is -2.52. The van der Waals surface area contributed by atoms with Crippen molar-refractivity contribution in [2.45, 2.75) is 26.8 Å². The van der Waals surface area contributed by atoms with E-state index < -0.39 is 0 Å². The topological polar surface area (TPSA) is 75.4 Å². The molecule has 0 unspecified atom stereocenters. The van der Waals surface area contributed by atoms with E-state index in [0.29, 0.717) is 12.3 Å². The molecule has 1 atom stereocenters. The third-order valence-electron chi connectivity index (χ3n) is 3.57. The lowest BCUT2D eigenvalue weighted by Gasteiger charge is -2.33. The molecule has 0 aliphatic carbocycles. The third kappa shape index (κ3) is 2.14. The third-order valence-corrected chi connectivity index (χ3v) is 3.57. The van der Waals surface area contributed by atoms with Crippen LogP contribution in [-0.2, 0) is 0 Å². The number of aryl methyl sites for hydroxylation is 2. The highest BCUT2D eigenvalue weighted by molar-refractivity contribution is 5.91. The van der Waals surface area contributed by atoms with Gasteiger partial charge in [0, 0.05) is 37.1 Å². The summed E-state index contributed by atoms with van der Waals surface area (Å²) < 4.78 is 1.62. The quantitative estimate of drug-likeness (QED) is 0.802. The van der Waals surface area contributed by atoms with E-state index in [4.69, 9.17) is 0 Å². The molecule has 1 aliphatic rings. The number of carbonyl (C=O) groups is 1. The van der Waals surface area contributed by atoms with Crippen LogP contribution >= 0.6 is 0 Å². The molecule has 7 heteroatoms. The summed E-state index contributed by atoms with van der Waals surface area (Å²) in [6.07, 6.45) is 0. The highest BCUT2D eigenvalue weighted by Gasteiger charge is 2.27. The van der Waals surface area contributed by atoms with Crippen LogP contribution in [0.2, 0.25) is 0 Å². The first-order valence-electron chi connectivity index (χ1n) is 6.79. The van der Waals surface area contributed by atoms with E-state index in [0.717, 1.165) is 24.5 Å². The van der Waals surface area contributed by atoms with Crippen LogP contribution < -0.4 is 5.32 Å².